The summed E-state index contributed by atoms with van der Waals surface area (Å²) >= 11 is 0. The number of anilines is 2. The largest absolute Gasteiger partial charge is 0.338 e. The van der Waals surface area contributed by atoms with Crippen molar-refractivity contribution in [2.45, 2.75) is 13.8 Å². The van der Waals surface area contributed by atoms with Crippen LogP contribution in [0, 0.1) is 25.5 Å². The second-order valence-corrected chi connectivity index (χ2v) is 6.85. The highest BCUT2D eigenvalue weighted by Gasteiger charge is 2.19. The highest BCUT2D eigenvalue weighted by atomic mass is 19.1. The van der Waals surface area contributed by atoms with E-state index < -0.39 is 17.5 Å². The number of likely N-dealkylation sites (N-methyl/N-ethyl adjacent to an activating group) is 1. The Labute approximate surface area is 162 Å². The van der Waals surface area contributed by atoms with Gasteiger partial charge in [-0.15, -0.1) is 0 Å². The first-order chi connectivity index (χ1) is 13.3. The lowest BCUT2D eigenvalue weighted by Crippen LogP contribution is -2.45. The molecule has 6 nitrogen and oxygen atoms in total. The van der Waals surface area contributed by atoms with Crippen molar-refractivity contribution in [3.63, 3.8) is 0 Å². The molecule has 0 saturated carbocycles. The fourth-order valence-electron chi connectivity index (χ4n) is 3.00. The summed E-state index contributed by atoms with van der Waals surface area (Å²) in [5.74, 6) is -0.983. The van der Waals surface area contributed by atoms with Gasteiger partial charge in [-0.1, -0.05) is 0 Å². The number of aryl methyl sites for hydroxylation is 2. The van der Waals surface area contributed by atoms with Gasteiger partial charge in [-0.25, -0.2) is 18.7 Å². The molecule has 0 unspecified atom stereocenters. The molecule has 1 aliphatic heterocycles. The quantitative estimate of drug-likeness (QED) is 0.818. The number of hydrogen-bond donors (Lipinski definition) is 1. The zero-order valence-corrected chi connectivity index (χ0v) is 16.2. The predicted octanol–water partition coefficient (Wildman–Crippen LogP) is 2.78. The first-order valence-corrected chi connectivity index (χ1v) is 9.06. The summed E-state index contributed by atoms with van der Waals surface area (Å²) < 4.78 is 26.9. The molecule has 1 aromatic heterocycles. The van der Waals surface area contributed by atoms with Gasteiger partial charge in [-0.05, 0) is 45.2 Å². The lowest BCUT2D eigenvalue weighted by Gasteiger charge is -2.32. The van der Waals surface area contributed by atoms with Gasteiger partial charge in [0.25, 0.3) is 0 Å². The third-order valence-corrected chi connectivity index (χ3v) is 4.67. The zero-order chi connectivity index (χ0) is 20.3. The normalized spacial score (nSPS) is 15.2. The summed E-state index contributed by atoms with van der Waals surface area (Å²) in [7, 11) is 2.08. The van der Waals surface area contributed by atoms with Crippen molar-refractivity contribution in [2.24, 2.45) is 0 Å². The summed E-state index contributed by atoms with van der Waals surface area (Å²) in [6.45, 7) is 7.20. The van der Waals surface area contributed by atoms with Crippen LogP contribution in [0.2, 0.25) is 0 Å². The third kappa shape index (κ3) is 4.69. The molecular weight excluding hydrogens is 364 g/mol. The SMILES string of the molecule is Cc1nc(N2CCN(C)CC2)nc(C)c1NC(=O)/C=C/c1cc(F)ccc1F. The van der Waals surface area contributed by atoms with Gasteiger partial charge in [0.05, 0.1) is 17.1 Å². The number of halogens is 2. The van der Waals surface area contributed by atoms with E-state index in [1.165, 1.54) is 6.08 Å². The van der Waals surface area contributed by atoms with Crippen molar-refractivity contribution in [1.29, 1.82) is 0 Å². The molecular formula is C20H23F2N5O. The van der Waals surface area contributed by atoms with Gasteiger partial charge in [0.1, 0.15) is 11.6 Å². The highest BCUT2D eigenvalue weighted by Crippen LogP contribution is 2.21. The minimum Gasteiger partial charge on any atom is -0.338 e. The van der Waals surface area contributed by atoms with Crippen LogP contribution >= 0.6 is 0 Å². The lowest BCUT2D eigenvalue weighted by atomic mass is 10.2. The van der Waals surface area contributed by atoms with Crippen LogP contribution < -0.4 is 10.2 Å². The number of benzene rings is 1. The number of aromatic nitrogens is 2. The van der Waals surface area contributed by atoms with E-state index in [1.54, 1.807) is 13.8 Å². The van der Waals surface area contributed by atoms with Crippen molar-refractivity contribution in [1.82, 2.24) is 14.9 Å². The van der Waals surface area contributed by atoms with E-state index >= 15 is 0 Å². The molecule has 2 aromatic rings. The van der Waals surface area contributed by atoms with E-state index in [2.05, 4.69) is 32.1 Å². The van der Waals surface area contributed by atoms with E-state index in [4.69, 9.17) is 0 Å². The monoisotopic (exact) mass is 387 g/mol. The maximum Gasteiger partial charge on any atom is 0.248 e. The van der Waals surface area contributed by atoms with E-state index in [9.17, 15) is 13.6 Å². The fraction of sp³-hybridized carbons (Fsp3) is 0.350. The Balaban J connectivity index is 1.72. The maximum absolute atomic E-state index is 13.6. The second kappa shape index (κ2) is 8.43. The highest BCUT2D eigenvalue weighted by molar-refractivity contribution is 6.02. The minimum absolute atomic E-state index is 0.00487. The Hall–Kier alpha value is -2.87. The third-order valence-electron chi connectivity index (χ3n) is 4.67. The van der Waals surface area contributed by atoms with Gasteiger partial charge in [0.2, 0.25) is 11.9 Å². The molecule has 0 spiro atoms. The average molecular weight is 387 g/mol. The minimum atomic E-state index is -0.599. The Morgan fingerprint density at radius 1 is 1.11 bits per heavy atom. The van der Waals surface area contributed by atoms with Crippen LogP contribution in [0.5, 0.6) is 0 Å². The standard InChI is InChI=1S/C20H23F2N5O/c1-13-19(14(2)24-20(23-13)27-10-8-26(3)9-11-27)25-18(28)7-4-15-12-16(21)5-6-17(15)22/h4-7,12H,8-11H2,1-3H3,(H,25,28)/b7-4+. The smallest absolute Gasteiger partial charge is 0.248 e. The van der Waals surface area contributed by atoms with Gasteiger partial charge in [0, 0.05) is 37.8 Å². The van der Waals surface area contributed by atoms with Gasteiger partial charge >= 0.3 is 0 Å². The molecule has 2 heterocycles. The molecule has 3 rings (SSSR count). The Morgan fingerprint density at radius 2 is 1.75 bits per heavy atom. The molecule has 1 N–H and O–H groups in total. The molecule has 1 amide bonds. The van der Waals surface area contributed by atoms with Crippen LogP contribution in [-0.4, -0.2) is 54.0 Å². The summed E-state index contributed by atoms with van der Waals surface area (Å²) in [4.78, 5) is 25.7. The van der Waals surface area contributed by atoms with Crippen LogP contribution in [0.25, 0.3) is 6.08 Å². The Bertz CT molecular complexity index is 884. The van der Waals surface area contributed by atoms with Crippen LogP contribution in [0.3, 0.4) is 0 Å². The molecule has 1 fully saturated rings. The van der Waals surface area contributed by atoms with E-state index in [1.807, 2.05) is 0 Å². The molecule has 0 radical (unpaired) electrons. The molecule has 1 aromatic carbocycles. The average Bonchev–Trinajstić information content (AvgIpc) is 2.66. The van der Waals surface area contributed by atoms with Crippen LogP contribution in [0.15, 0.2) is 24.3 Å². The maximum atomic E-state index is 13.6. The van der Waals surface area contributed by atoms with Gasteiger partial charge in [-0.3, -0.25) is 4.79 Å². The van der Waals surface area contributed by atoms with Crippen molar-refractivity contribution in [2.75, 3.05) is 43.4 Å². The fourth-order valence-corrected chi connectivity index (χ4v) is 3.00. The first kappa shape index (κ1) is 19.9. The molecule has 0 atom stereocenters. The number of nitrogens with one attached hydrogen (secondary N) is 1. The summed E-state index contributed by atoms with van der Waals surface area (Å²) in [6, 6.07) is 3.08. The Morgan fingerprint density at radius 3 is 2.39 bits per heavy atom. The molecule has 8 heteroatoms. The molecule has 1 aliphatic rings. The summed E-state index contributed by atoms with van der Waals surface area (Å²) in [5, 5.41) is 2.73. The topological polar surface area (TPSA) is 61.4 Å². The Kier molecular flexibility index (Phi) is 5.99. The number of carbonyl (C=O) groups excluding carboxylic acids is 1. The van der Waals surface area contributed by atoms with Crippen LogP contribution in [-0.2, 0) is 4.79 Å². The first-order valence-electron chi connectivity index (χ1n) is 9.06. The van der Waals surface area contributed by atoms with E-state index in [-0.39, 0.29) is 5.56 Å². The molecule has 148 valence electrons. The molecule has 0 bridgehead atoms. The van der Waals surface area contributed by atoms with Gasteiger partial charge in [0.15, 0.2) is 0 Å². The number of amides is 1. The summed E-state index contributed by atoms with van der Waals surface area (Å²) in [5.41, 5.74) is 1.83. The number of nitrogens with zero attached hydrogens (tertiary/aromatic N) is 4. The number of rotatable bonds is 4. The summed E-state index contributed by atoms with van der Waals surface area (Å²) in [6.07, 6.45) is 2.39. The number of piperazine rings is 1. The number of carbonyl (C=O) groups is 1. The van der Waals surface area contributed by atoms with Crippen molar-refractivity contribution >= 4 is 23.6 Å². The molecule has 1 saturated heterocycles. The van der Waals surface area contributed by atoms with Crippen molar-refractivity contribution in [3.05, 3.63) is 52.9 Å². The van der Waals surface area contributed by atoms with Crippen molar-refractivity contribution in [3.8, 4) is 0 Å². The molecule has 28 heavy (non-hydrogen) atoms. The second-order valence-electron chi connectivity index (χ2n) is 6.85. The molecule has 0 aliphatic carbocycles. The van der Waals surface area contributed by atoms with E-state index in [0.717, 1.165) is 50.5 Å². The van der Waals surface area contributed by atoms with Gasteiger partial charge in [-0.2, -0.15) is 0 Å². The van der Waals surface area contributed by atoms with Crippen molar-refractivity contribution < 1.29 is 13.6 Å². The van der Waals surface area contributed by atoms with Crippen LogP contribution in [0.1, 0.15) is 17.0 Å². The number of hydrogen-bond acceptors (Lipinski definition) is 5. The predicted molar refractivity (Wildman–Crippen MR) is 105 cm³/mol. The zero-order valence-electron chi connectivity index (χ0n) is 16.2. The van der Waals surface area contributed by atoms with E-state index in [0.29, 0.717) is 23.0 Å². The van der Waals surface area contributed by atoms with Gasteiger partial charge < -0.3 is 15.1 Å². The van der Waals surface area contributed by atoms with Crippen LogP contribution in [0.4, 0.5) is 20.4 Å². The lowest BCUT2D eigenvalue weighted by molar-refractivity contribution is -0.111.